The molecule has 0 saturated carbocycles. The van der Waals surface area contributed by atoms with E-state index in [0.29, 0.717) is 0 Å². The van der Waals surface area contributed by atoms with Crippen molar-refractivity contribution in [3.63, 3.8) is 0 Å². The summed E-state index contributed by atoms with van der Waals surface area (Å²) in [5.41, 5.74) is -0.887. The Morgan fingerprint density at radius 2 is 1.42 bits per heavy atom. The highest BCUT2D eigenvalue weighted by atomic mass is 32.2. The lowest BCUT2D eigenvalue weighted by Gasteiger charge is -2.25. The van der Waals surface area contributed by atoms with Crippen molar-refractivity contribution in [2.75, 3.05) is 25.7 Å². The molecule has 0 fully saturated rings. The van der Waals surface area contributed by atoms with Crippen LogP contribution in [0.5, 0.6) is 0 Å². The highest BCUT2D eigenvalue weighted by Crippen LogP contribution is 2.22. The van der Waals surface area contributed by atoms with Gasteiger partial charge in [-0.25, -0.2) is 0 Å². The third kappa shape index (κ3) is 7.86. The van der Waals surface area contributed by atoms with E-state index in [1.807, 2.05) is 0 Å². The first-order chi connectivity index (χ1) is 10.9. The standard InChI is InChI=1S/C14H20O8S2/c1-14(10-21-23(2,16)17,11-22-24(3,18)19)13(15)20-9-12-7-5-4-6-8-12/h4-8H,9-11H2,1-3H3. The largest absolute Gasteiger partial charge is 0.460 e. The van der Waals surface area contributed by atoms with Gasteiger partial charge in [0.15, 0.2) is 0 Å². The molecule has 0 bridgehead atoms. The lowest BCUT2D eigenvalue weighted by atomic mass is 9.93. The van der Waals surface area contributed by atoms with Crippen molar-refractivity contribution in [1.29, 1.82) is 0 Å². The van der Waals surface area contributed by atoms with Gasteiger partial charge in [-0.3, -0.25) is 13.2 Å². The number of ether oxygens (including phenoxy) is 1. The van der Waals surface area contributed by atoms with E-state index in [4.69, 9.17) is 4.74 Å². The number of hydrogen-bond donors (Lipinski definition) is 0. The summed E-state index contributed by atoms with van der Waals surface area (Å²) in [6.07, 6.45) is 1.64. The quantitative estimate of drug-likeness (QED) is 0.454. The summed E-state index contributed by atoms with van der Waals surface area (Å²) in [6.45, 7) is 0.0493. The molecule has 0 amide bonds. The molecule has 1 rings (SSSR count). The molecule has 0 aliphatic carbocycles. The Labute approximate surface area is 142 Å². The lowest BCUT2D eigenvalue weighted by molar-refractivity contribution is -0.160. The van der Waals surface area contributed by atoms with Gasteiger partial charge in [-0.05, 0) is 12.5 Å². The average Bonchev–Trinajstić information content (AvgIpc) is 2.48. The first-order valence-corrected chi connectivity index (χ1v) is 10.4. The highest BCUT2D eigenvalue weighted by molar-refractivity contribution is 7.86. The second kappa shape index (κ2) is 8.06. The third-order valence-corrected chi connectivity index (χ3v) is 3.98. The van der Waals surface area contributed by atoms with Crippen molar-refractivity contribution in [1.82, 2.24) is 0 Å². The van der Waals surface area contributed by atoms with Crippen LogP contribution in [0.4, 0.5) is 0 Å². The van der Waals surface area contributed by atoms with Gasteiger partial charge in [-0.2, -0.15) is 16.8 Å². The van der Waals surface area contributed by atoms with Crippen LogP contribution in [-0.4, -0.2) is 48.5 Å². The van der Waals surface area contributed by atoms with Crippen LogP contribution in [0.2, 0.25) is 0 Å². The van der Waals surface area contributed by atoms with Gasteiger partial charge in [-0.15, -0.1) is 0 Å². The third-order valence-electron chi connectivity index (χ3n) is 2.89. The molecular weight excluding hydrogens is 360 g/mol. The Balaban J connectivity index is 2.83. The van der Waals surface area contributed by atoms with Crippen LogP contribution < -0.4 is 0 Å². The van der Waals surface area contributed by atoms with E-state index in [1.165, 1.54) is 6.92 Å². The molecule has 8 nitrogen and oxygen atoms in total. The van der Waals surface area contributed by atoms with Crippen molar-refractivity contribution in [2.24, 2.45) is 5.41 Å². The van der Waals surface area contributed by atoms with Gasteiger partial charge in [-0.1, -0.05) is 30.3 Å². The molecule has 1 aromatic rings. The fourth-order valence-electron chi connectivity index (χ4n) is 1.53. The molecule has 10 heteroatoms. The topological polar surface area (TPSA) is 113 Å². The monoisotopic (exact) mass is 380 g/mol. The predicted octanol–water partition coefficient (Wildman–Crippen LogP) is 0.689. The smallest absolute Gasteiger partial charge is 0.316 e. The summed E-state index contributed by atoms with van der Waals surface area (Å²) in [4.78, 5) is 12.3. The van der Waals surface area contributed by atoms with Crippen molar-refractivity contribution in [3.05, 3.63) is 35.9 Å². The van der Waals surface area contributed by atoms with E-state index >= 15 is 0 Å². The SMILES string of the molecule is CC(COS(C)(=O)=O)(COS(C)(=O)=O)C(=O)OCc1ccccc1. The molecule has 0 N–H and O–H groups in total. The number of carbonyl (C=O) groups is 1. The maximum atomic E-state index is 12.3. The number of rotatable bonds is 9. The molecule has 0 aliphatic rings. The van der Waals surface area contributed by atoms with E-state index < -0.39 is 44.8 Å². The van der Waals surface area contributed by atoms with Crippen LogP contribution >= 0.6 is 0 Å². The summed E-state index contributed by atoms with van der Waals surface area (Å²) in [5.74, 6) is -0.835. The molecule has 0 aromatic heterocycles. The maximum absolute atomic E-state index is 12.3. The summed E-state index contributed by atoms with van der Waals surface area (Å²) in [5, 5.41) is 0. The number of hydrogen-bond acceptors (Lipinski definition) is 8. The van der Waals surface area contributed by atoms with E-state index in [-0.39, 0.29) is 6.61 Å². The summed E-state index contributed by atoms with van der Waals surface area (Å²) < 4.78 is 59.0. The molecule has 0 heterocycles. The normalized spacial score (nSPS) is 12.8. The van der Waals surface area contributed by atoms with E-state index in [0.717, 1.165) is 18.1 Å². The fraction of sp³-hybridized carbons (Fsp3) is 0.500. The van der Waals surface area contributed by atoms with E-state index in [2.05, 4.69) is 8.37 Å². The molecule has 1 aromatic carbocycles. The minimum Gasteiger partial charge on any atom is -0.460 e. The summed E-state index contributed by atoms with van der Waals surface area (Å²) in [7, 11) is -7.65. The molecule has 0 saturated heterocycles. The minimum absolute atomic E-state index is 0.0486. The first kappa shape index (κ1) is 20.6. The molecule has 0 aliphatic heterocycles. The second-order valence-electron chi connectivity index (χ2n) is 5.56. The van der Waals surface area contributed by atoms with Gasteiger partial charge in [0, 0.05) is 0 Å². The number of esters is 1. The Kier molecular flexibility index (Phi) is 6.90. The van der Waals surface area contributed by atoms with Gasteiger partial charge >= 0.3 is 5.97 Å². The zero-order valence-corrected chi connectivity index (χ0v) is 15.2. The van der Waals surface area contributed by atoms with Crippen LogP contribution in [0, 0.1) is 5.41 Å². The van der Waals surface area contributed by atoms with Gasteiger partial charge in [0.2, 0.25) is 0 Å². The van der Waals surface area contributed by atoms with Gasteiger partial charge in [0.1, 0.15) is 12.0 Å². The van der Waals surface area contributed by atoms with Crippen LogP contribution in [0.25, 0.3) is 0 Å². The molecule has 0 radical (unpaired) electrons. The molecule has 0 spiro atoms. The van der Waals surface area contributed by atoms with Crippen LogP contribution in [0.3, 0.4) is 0 Å². The number of carbonyl (C=O) groups excluding carboxylic acids is 1. The maximum Gasteiger partial charge on any atom is 0.316 e. The van der Waals surface area contributed by atoms with Crippen molar-refractivity contribution in [3.8, 4) is 0 Å². The Morgan fingerprint density at radius 3 is 1.83 bits per heavy atom. The zero-order valence-electron chi connectivity index (χ0n) is 13.6. The van der Waals surface area contributed by atoms with Crippen LogP contribution in [0.15, 0.2) is 30.3 Å². The van der Waals surface area contributed by atoms with E-state index in [1.54, 1.807) is 30.3 Å². The molecule has 0 atom stereocenters. The summed E-state index contributed by atoms with van der Waals surface area (Å²) in [6, 6.07) is 8.81. The Bertz CT molecular complexity index is 717. The van der Waals surface area contributed by atoms with Crippen molar-refractivity contribution < 1.29 is 34.7 Å². The average molecular weight is 380 g/mol. The van der Waals surface area contributed by atoms with Crippen LogP contribution in [-0.2, 0) is 44.7 Å². The molecule has 136 valence electrons. The minimum atomic E-state index is -3.82. The highest BCUT2D eigenvalue weighted by Gasteiger charge is 2.38. The van der Waals surface area contributed by atoms with E-state index in [9.17, 15) is 21.6 Å². The fourth-order valence-corrected chi connectivity index (χ4v) is 2.48. The molecule has 0 unspecified atom stereocenters. The lowest BCUT2D eigenvalue weighted by Crippen LogP contribution is -2.40. The number of benzene rings is 1. The molecule has 24 heavy (non-hydrogen) atoms. The first-order valence-electron chi connectivity index (χ1n) is 6.81. The van der Waals surface area contributed by atoms with Gasteiger partial charge in [0.05, 0.1) is 25.7 Å². The van der Waals surface area contributed by atoms with Gasteiger partial charge in [0.25, 0.3) is 20.2 Å². The summed E-state index contributed by atoms with van der Waals surface area (Å²) >= 11 is 0. The zero-order chi connectivity index (χ0) is 18.4. The Hall–Kier alpha value is -1.49. The Morgan fingerprint density at radius 1 is 0.958 bits per heavy atom. The van der Waals surface area contributed by atoms with Gasteiger partial charge < -0.3 is 4.74 Å². The van der Waals surface area contributed by atoms with Crippen molar-refractivity contribution in [2.45, 2.75) is 13.5 Å². The van der Waals surface area contributed by atoms with Crippen LogP contribution in [0.1, 0.15) is 12.5 Å². The predicted molar refractivity (Wildman–Crippen MR) is 85.9 cm³/mol. The second-order valence-corrected chi connectivity index (χ2v) is 8.84. The van der Waals surface area contributed by atoms with Crippen molar-refractivity contribution >= 4 is 26.2 Å². The molecular formula is C14H20O8S2.